The van der Waals surface area contributed by atoms with Crippen LogP contribution in [0.15, 0.2) is 85.1 Å². The van der Waals surface area contributed by atoms with Crippen LogP contribution in [0, 0.1) is 0 Å². The zero-order chi connectivity index (χ0) is 23.5. The minimum absolute atomic E-state index is 0.0135. The maximum atomic E-state index is 13.5. The Kier molecular flexibility index (Phi) is 6.04. The van der Waals surface area contributed by atoms with Gasteiger partial charge in [0.25, 0.3) is 11.8 Å². The third kappa shape index (κ3) is 4.27. The smallest absolute Gasteiger partial charge is 0.256 e. The van der Waals surface area contributed by atoms with Crippen molar-refractivity contribution in [2.45, 2.75) is 6.54 Å². The molecular formula is C28H27N3O3. The van der Waals surface area contributed by atoms with E-state index in [-0.39, 0.29) is 11.8 Å². The van der Waals surface area contributed by atoms with Gasteiger partial charge in [0.2, 0.25) is 0 Å². The summed E-state index contributed by atoms with van der Waals surface area (Å²) in [6.07, 6.45) is 1.97. The molecule has 5 rings (SSSR count). The van der Waals surface area contributed by atoms with E-state index in [1.807, 2.05) is 52.4 Å². The number of methoxy groups -OCH3 is 1. The number of hydrogen-bond acceptors (Lipinski definition) is 3. The van der Waals surface area contributed by atoms with Gasteiger partial charge in [-0.2, -0.15) is 0 Å². The highest BCUT2D eigenvalue weighted by Gasteiger charge is 2.27. The number of ether oxygens (including phenoxy) is 1. The molecule has 6 nitrogen and oxygen atoms in total. The van der Waals surface area contributed by atoms with E-state index in [0.29, 0.717) is 43.9 Å². The molecule has 0 bridgehead atoms. The Bertz CT molecular complexity index is 1300. The zero-order valence-electron chi connectivity index (χ0n) is 19.2. The maximum absolute atomic E-state index is 13.5. The Morgan fingerprint density at radius 2 is 1.38 bits per heavy atom. The molecule has 2 heterocycles. The first-order valence-electron chi connectivity index (χ1n) is 11.5. The molecule has 0 N–H and O–H groups in total. The van der Waals surface area contributed by atoms with Crippen molar-refractivity contribution in [3.8, 4) is 5.75 Å². The minimum atomic E-state index is -0.0192. The second kappa shape index (κ2) is 9.43. The van der Waals surface area contributed by atoms with Gasteiger partial charge >= 0.3 is 0 Å². The van der Waals surface area contributed by atoms with Gasteiger partial charge in [-0.25, -0.2) is 0 Å². The molecule has 0 aliphatic carbocycles. The number of para-hydroxylation sites is 1. The average Bonchev–Trinajstić information content (AvgIpc) is 3.27. The van der Waals surface area contributed by atoms with Crippen LogP contribution in [0.5, 0.6) is 5.75 Å². The highest BCUT2D eigenvalue weighted by Crippen LogP contribution is 2.24. The van der Waals surface area contributed by atoms with Crippen molar-refractivity contribution in [3.05, 3.63) is 102 Å². The molecular weight excluding hydrogens is 426 g/mol. The first-order chi connectivity index (χ1) is 16.6. The van der Waals surface area contributed by atoms with Crippen LogP contribution in [0.2, 0.25) is 0 Å². The fraction of sp³-hybridized carbons (Fsp3) is 0.214. The molecule has 0 spiro atoms. The summed E-state index contributed by atoms with van der Waals surface area (Å²) >= 11 is 0. The van der Waals surface area contributed by atoms with Gasteiger partial charge in [-0.15, -0.1) is 0 Å². The molecule has 172 valence electrons. The van der Waals surface area contributed by atoms with E-state index >= 15 is 0 Å². The van der Waals surface area contributed by atoms with Crippen LogP contribution >= 0.6 is 0 Å². The van der Waals surface area contributed by atoms with Crippen molar-refractivity contribution in [2.24, 2.45) is 0 Å². The van der Waals surface area contributed by atoms with Crippen molar-refractivity contribution in [3.63, 3.8) is 0 Å². The van der Waals surface area contributed by atoms with Crippen LogP contribution in [0.1, 0.15) is 26.3 Å². The predicted octanol–water partition coefficient (Wildman–Crippen LogP) is 4.30. The molecule has 0 atom stereocenters. The second-order valence-electron chi connectivity index (χ2n) is 8.49. The number of benzene rings is 3. The Balaban J connectivity index is 1.31. The van der Waals surface area contributed by atoms with Gasteiger partial charge in [-0.05, 0) is 35.9 Å². The summed E-state index contributed by atoms with van der Waals surface area (Å²) in [5.41, 5.74) is 3.57. The molecule has 34 heavy (non-hydrogen) atoms. The first kappa shape index (κ1) is 21.8. The van der Waals surface area contributed by atoms with E-state index in [0.717, 1.165) is 16.7 Å². The number of rotatable bonds is 5. The Morgan fingerprint density at radius 1 is 0.765 bits per heavy atom. The lowest BCUT2D eigenvalue weighted by atomic mass is 10.1. The predicted molar refractivity (Wildman–Crippen MR) is 132 cm³/mol. The molecule has 0 saturated carbocycles. The van der Waals surface area contributed by atoms with Crippen molar-refractivity contribution in [2.75, 3.05) is 33.3 Å². The third-order valence-electron chi connectivity index (χ3n) is 6.41. The number of carbonyl (C=O) groups is 2. The second-order valence-corrected chi connectivity index (χ2v) is 8.49. The zero-order valence-corrected chi connectivity index (χ0v) is 19.2. The molecule has 1 aliphatic rings. The lowest BCUT2D eigenvalue weighted by Gasteiger charge is -2.34. The van der Waals surface area contributed by atoms with Crippen LogP contribution < -0.4 is 4.74 Å². The SMILES string of the molecule is COc1ccc(C(=O)N2CCN(C(=O)c3cn(Cc4ccccc4)c4ccccc34)CC2)cc1. The van der Waals surface area contributed by atoms with Gasteiger partial charge in [0.1, 0.15) is 5.75 Å². The summed E-state index contributed by atoms with van der Waals surface area (Å²) in [6.45, 7) is 2.76. The molecule has 1 saturated heterocycles. The molecule has 2 amide bonds. The standard InChI is InChI=1S/C28H27N3O3/c1-34-23-13-11-22(12-14-23)27(32)29-15-17-30(18-16-29)28(33)25-20-31(19-21-7-3-2-4-8-21)26-10-6-5-9-24(25)26/h2-14,20H,15-19H2,1H3. The van der Waals surface area contributed by atoms with Crippen LogP contribution in [0.25, 0.3) is 10.9 Å². The number of nitrogens with zero attached hydrogens (tertiary/aromatic N) is 3. The number of aromatic nitrogens is 1. The fourth-order valence-electron chi connectivity index (χ4n) is 4.53. The van der Waals surface area contributed by atoms with Crippen molar-refractivity contribution in [1.82, 2.24) is 14.4 Å². The van der Waals surface area contributed by atoms with Gasteiger partial charge in [-0.1, -0.05) is 48.5 Å². The van der Waals surface area contributed by atoms with Crippen LogP contribution in [0.4, 0.5) is 0 Å². The number of fused-ring (bicyclic) bond motifs is 1. The minimum Gasteiger partial charge on any atom is -0.497 e. The normalized spacial score (nSPS) is 13.8. The Labute approximate surface area is 199 Å². The Morgan fingerprint density at radius 3 is 2.06 bits per heavy atom. The van der Waals surface area contributed by atoms with E-state index < -0.39 is 0 Å². The molecule has 3 aromatic carbocycles. The molecule has 6 heteroatoms. The lowest BCUT2D eigenvalue weighted by molar-refractivity contribution is 0.0536. The number of hydrogen-bond donors (Lipinski definition) is 0. The number of carbonyl (C=O) groups excluding carboxylic acids is 2. The number of piperazine rings is 1. The molecule has 1 aromatic heterocycles. The van der Waals surface area contributed by atoms with Crippen molar-refractivity contribution in [1.29, 1.82) is 0 Å². The third-order valence-corrected chi connectivity index (χ3v) is 6.41. The molecule has 0 radical (unpaired) electrons. The monoisotopic (exact) mass is 453 g/mol. The van der Waals surface area contributed by atoms with Gasteiger partial charge < -0.3 is 19.1 Å². The highest BCUT2D eigenvalue weighted by atomic mass is 16.5. The topological polar surface area (TPSA) is 54.8 Å². The van der Waals surface area contributed by atoms with E-state index in [2.05, 4.69) is 22.8 Å². The summed E-state index contributed by atoms with van der Waals surface area (Å²) in [4.78, 5) is 30.0. The summed E-state index contributed by atoms with van der Waals surface area (Å²) in [5, 5.41) is 0.958. The number of amides is 2. The van der Waals surface area contributed by atoms with Crippen LogP contribution in [-0.2, 0) is 6.54 Å². The van der Waals surface area contributed by atoms with Crippen LogP contribution in [0.3, 0.4) is 0 Å². The highest BCUT2D eigenvalue weighted by molar-refractivity contribution is 6.07. The van der Waals surface area contributed by atoms with Crippen molar-refractivity contribution >= 4 is 22.7 Å². The Hall–Kier alpha value is -4.06. The van der Waals surface area contributed by atoms with Gasteiger partial charge in [0.05, 0.1) is 12.7 Å². The summed E-state index contributed by atoms with van der Waals surface area (Å²) in [6, 6.07) is 25.4. The first-order valence-corrected chi connectivity index (χ1v) is 11.5. The van der Waals surface area contributed by atoms with Crippen LogP contribution in [-0.4, -0.2) is 59.5 Å². The summed E-state index contributed by atoms with van der Waals surface area (Å²) < 4.78 is 7.31. The molecule has 0 unspecified atom stereocenters. The van der Waals surface area contributed by atoms with E-state index in [4.69, 9.17) is 4.74 Å². The fourth-order valence-corrected chi connectivity index (χ4v) is 4.53. The van der Waals surface area contributed by atoms with E-state index in [9.17, 15) is 9.59 Å². The largest absolute Gasteiger partial charge is 0.497 e. The summed E-state index contributed by atoms with van der Waals surface area (Å²) in [7, 11) is 1.60. The summed E-state index contributed by atoms with van der Waals surface area (Å²) in [5.74, 6) is 0.715. The van der Waals surface area contributed by atoms with Crippen molar-refractivity contribution < 1.29 is 14.3 Å². The molecule has 1 aliphatic heterocycles. The lowest BCUT2D eigenvalue weighted by Crippen LogP contribution is -2.50. The quantitative estimate of drug-likeness (QED) is 0.453. The van der Waals surface area contributed by atoms with E-state index in [1.165, 1.54) is 5.56 Å². The van der Waals surface area contributed by atoms with Gasteiger partial charge in [0.15, 0.2) is 0 Å². The molecule has 1 fully saturated rings. The molecule has 4 aromatic rings. The maximum Gasteiger partial charge on any atom is 0.256 e. The average molecular weight is 454 g/mol. The van der Waals surface area contributed by atoms with Gasteiger partial charge in [-0.3, -0.25) is 9.59 Å². The van der Waals surface area contributed by atoms with Gasteiger partial charge in [0, 0.05) is 55.4 Å². The van der Waals surface area contributed by atoms with E-state index in [1.54, 1.807) is 31.4 Å².